The van der Waals surface area contributed by atoms with Crippen LogP contribution in [0.1, 0.15) is 20.3 Å². The quantitative estimate of drug-likeness (QED) is 0.805. The second kappa shape index (κ2) is 6.48. The lowest BCUT2D eigenvalue weighted by Crippen LogP contribution is -2.29. The molecule has 16 heavy (non-hydrogen) atoms. The predicted molar refractivity (Wildman–Crippen MR) is 67.1 cm³/mol. The van der Waals surface area contributed by atoms with E-state index in [9.17, 15) is 4.39 Å². The molecular formula is C13H21FN2. The van der Waals surface area contributed by atoms with Crippen LogP contribution in [0.3, 0.4) is 0 Å². The molecule has 0 bridgehead atoms. The van der Waals surface area contributed by atoms with Crippen molar-refractivity contribution in [2.45, 2.75) is 20.3 Å². The predicted octanol–water partition coefficient (Wildman–Crippen LogP) is 2.64. The van der Waals surface area contributed by atoms with Crippen LogP contribution in [0.2, 0.25) is 0 Å². The molecule has 2 N–H and O–H groups in total. The topological polar surface area (TPSA) is 29.3 Å². The Kier molecular flexibility index (Phi) is 5.26. The molecule has 0 aliphatic heterocycles. The van der Waals surface area contributed by atoms with E-state index in [4.69, 9.17) is 5.73 Å². The van der Waals surface area contributed by atoms with Gasteiger partial charge >= 0.3 is 0 Å². The Balaban J connectivity index is 2.63. The van der Waals surface area contributed by atoms with E-state index in [1.54, 1.807) is 0 Å². The second-order valence-corrected chi connectivity index (χ2v) is 4.20. The van der Waals surface area contributed by atoms with Crippen LogP contribution >= 0.6 is 0 Å². The lowest BCUT2D eigenvalue weighted by Gasteiger charge is -2.26. The van der Waals surface area contributed by atoms with Crippen molar-refractivity contribution in [3.8, 4) is 0 Å². The number of hydrogen-bond acceptors (Lipinski definition) is 2. The van der Waals surface area contributed by atoms with E-state index in [1.165, 1.54) is 12.1 Å². The summed E-state index contributed by atoms with van der Waals surface area (Å²) in [5.74, 6) is 0.379. The van der Waals surface area contributed by atoms with Gasteiger partial charge in [0.05, 0.1) is 0 Å². The fourth-order valence-corrected chi connectivity index (χ4v) is 1.82. The van der Waals surface area contributed by atoms with Crippen LogP contribution in [-0.2, 0) is 0 Å². The van der Waals surface area contributed by atoms with E-state index in [2.05, 4.69) is 18.7 Å². The molecule has 0 saturated heterocycles. The summed E-state index contributed by atoms with van der Waals surface area (Å²) in [6.45, 7) is 6.93. The Labute approximate surface area is 97.3 Å². The van der Waals surface area contributed by atoms with Crippen LogP contribution in [0.4, 0.5) is 10.1 Å². The van der Waals surface area contributed by atoms with Gasteiger partial charge in [-0.15, -0.1) is 0 Å². The highest BCUT2D eigenvalue weighted by atomic mass is 19.1. The van der Waals surface area contributed by atoms with Crippen molar-refractivity contribution in [3.05, 3.63) is 30.1 Å². The van der Waals surface area contributed by atoms with Gasteiger partial charge in [-0.3, -0.25) is 0 Å². The normalized spacial score (nSPS) is 12.5. The molecule has 0 fully saturated rings. The van der Waals surface area contributed by atoms with Crippen LogP contribution in [0.15, 0.2) is 24.3 Å². The fourth-order valence-electron chi connectivity index (χ4n) is 1.82. The fraction of sp³-hybridized carbons (Fsp3) is 0.538. The summed E-state index contributed by atoms with van der Waals surface area (Å²) >= 11 is 0. The molecule has 0 aliphatic rings. The molecule has 0 spiro atoms. The van der Waals surface area contributed by atoms with Gasteiger partial charge in [0.25, 0.3) is 0 Å². The first-order valence-corrected chi connectivity index (χ1v) is 5.88. The van der Waals surface area contributed by atoms with Crippen molar-refractivity contribution in [1.29, 1.82) is 0 Å². The maximum absolute atomic E-state index is 12.8. The number of nitrogens with zero attached hydrogens (tertiary/aromatic N) is 1. The minimum Gasteiger partial charge on any atom is -0.372 e. The third kappa shape index (κ3) is 3.81. The SMILES string of the molecule is CCN(CC(C)CCN)c1ccc(F)cc1. The monoisotopic (exact) mass is 224 g/mol. The van der Waals surface area contributed by atoms with Crippen LogP contribution in [0.5, 0.6) is 0 Å². The van der Waals surface area contributed by atoms with Gasteiger partial charge in [-0.25, -0.2) is 4.39 Å². The van der Waals surface area contributed by atoms with E-state index >= 15 is 0 Å². The highest BCUT2D eigenvalue weighted by molar-refractivity contribution is 5.46. The lowest BCUT2D eigenvalue weighted by atomic mass is 10.1. The molecule has 90 valence electrons. The van der Waals surface area contributed by atoms with Crippen molar-refractivity contribution in [1.82, 2.24) is 0 Å². The minimum atomic E-state index is -0.185. The molecule has 1 aromatic carbocycles. The summed E-state index contributed by atoms with van der Waals surface area (Å²) < 4.78 is 12.8. The van der Waals surface area contributed by atoms with Crippen molar-refractivity contribution >= 4 is 5.69 Å². The first kappa shape index (κ1) is 13.0. The van der Waals surface area contributed by atoms with E-state index in [1.807, 2.05) is 12.1 Å². The molecule has 3 heteroatoms. The smallest absolute Gasteiger partial charge is 0.123 e. The standard InChI is InChI=1S/C13H21FN2/c1-3-16(10-11(2)8-9-15)13-6-4-12(14)5-7-13/h4-7,11H,3,8-10,15H2,1-2H3. The molecule has 1 unspecified atom stereocenters. The summed E-state index contributed by atoms with van der Waals surface area (Å²) in [6, 6.07) is 6.67. The second-order valence-electron chi connectivity index (χ2n) is 4.20. The van der Waals surface area contributed by atoms with Crippen molar-refractivity contribution in [3.63, 3.8) is 0 Å². The van der Waals surface area contributed by atoms with E-state index in [0.29, 0.717) is 5.92 Å². The highest BCUT2D eigenvalue weighted by Crippen LogP contribution is 2.16. The highest BCUT2D eigenvalue weighted by Gasteiger charge is 2.08. The maximum Gasteiger partial charge on any atom is 0.123 e. The first-order chi connectivity index (χ1) is 7.67. The molecule has 0 aliphatic carbocycles. The zero-order valence-electron chi connectivity index (χ0n) is 10.1. The largest absolute Gasteiger partial charge is 0.372 e. The van der Waals surface area contributed by atoms with Gasteiger partial charge in [0, 0.05) is 18.8 Å². The maximum atomic E-state index is 12.8. The van der Waals surface area contributed by atoms with Crippen molar-refractivity contribution < 1.29 is 4.39 Å². The number of halogens is 1. The van der Waals surface area contributed by atoms with Crippen molar-refractivity contribution in [2.75, 3.05) is 24.5 Å². The number of hydrogen-bond donors (Lipinski definition) is 1. The summed E-state index contributed by atoms with van der Waals surface area (Å²) in [4.78, 5) is 2.25. The Hall–Kier alpha value is -1.09. The third-order valence-corrected chi connectivity index (χ3v) is 2.77. The van der Waals surface area contributed by atoms with Crippen LogP contribution < -0.4 is 10.6 Å². The molecule has 0 amide bonds. The molecule has 0 aromatic heterocycles. The summed E-state index contributed by atoms with van der Waals surface area (Å²) in [7, 11) is 0. The molecule has 1 rings (SSSR count). The number of anilines is 1. The van der Waals surface area contributed by atoms with Gasteiger partial charge < -0.3 is 10.6 Å². The molecule has 0 radical (unpaired) electrons. The van der Waals surface area contributed by atoms with Crippen molar-refractivity contribution in [2.24, 2.45) is 11.7 Å². The molecule has 1 atom stereocenters. The zero-order chi connectivity index (χ0) is 12.0. The van der Waals surface area contributed by atoms with Gasteiger partial charge in [-0.05, 0) is 50.1 Å². The van der Waals surface area contributed by atoms with Gasteiger partial charge in [0.1, 0.15) is 5.82 Å². The minimum absolute atomic E-state index is 0.185. The first-order valence-electron chi connectivity index (χ1n) is 5.88. The average Bonchev–Trinajstić information content (AvgIpc) is 2.27. The molecule has 0 saturated carbocycles. The van der Waals surface area contributed by atoms with Gasteiger partial charge in [0.2, 0.25) is 0 Å². The third-order valence-electron chi connectivity index (χ3n) is 2.77. The number of rotatable bonds is 6. The molecule has 0 heterocycles. The van der Waals surface area contributed by atoms with Crippen LogP contribution in [-0.4, -0.2) is 19.6 Å². The number of nitrogens with two attached hydrogens (primary N) is 1. The molecular weight excluding hydrogens is 203 g/mol. The van der Waals surface area contributed by atoms with Gasteiger partial charge in [-0.1, -0.05) is 6.92 Å². The summed E-state index contributed by atoms with van der Waals surface area (Å²) in [5, 5.41) is 0. The molecule has 2 nitrogen and oxygen atoms in total. The van der Waals surface area contributed by atoms with E-state index in [-0.39, 0.29) is 5.82 Å². The van der Waals surface area contributed by atoms with Gasteiger partial charge in [0.15, 0.2) is 0 Å². The van der Waals surface area contributed by atoms with E-state index in [0.717, 1.165) is 31.7 Å². The summed E-state index contributed by atoms with van der Waals surface area (Å²) in [6.07, 6.45) is 1.03. The molecule has 1 aromatic rings. The summed E-state index contributed by atoms with van der Waals surface area (Å²) in [5.41, 5.74) is 6.61. The average molecular weight is 224 g/mol. The Morgan fingerprint density at radius 3 is 2.44 bits per heavy atom. The Morgan fingerprint density at radius 2 is 1.94 bits per heavy atom. The van der Waals surface area contributed by atoms with Crippen LogP contribution in [0.25, 0.3) is 0 Å². The van der Waals surface area contributed by atoms with E-state index < -0.39 is 0 Å². The zero-order valence-corrected chi connectivity index (χ0v) is 10.1. The Morgan fingerprint density at radius 1 is 1.31 bits per heavy atom. The number of benzene rings is 1. The Bertz CT molecular complexity index is 297. The lowest BCUT2D eigenvalue weighted by molar-refractivity contribution is 0.529. The van der Waals surface area contributed by atoms with Crippen LogP contribution in [0, 0.1) is 11.7 Å². The van der Waals surface area contributed by atoms with Gasteiger partial charge in [-0.2, -0.15) is 0 Å².